The van der Waals surface area contributed by atoms with Gasteiger partial charge in [0.25, 0.3) is 5.91 Å². The van der Waals surface area contributed by atoms with Gasteiger partial charge in [-0.3, -0.25) is 4.79 Å². The fourth-order valence-electron chi connectivity index (χ4n) is 2.33. The summed E-state index contributed by atoms with van der Waals surface area (Å²) in [6.45, 7) is 0. The number of anilines is 1. The van der Waals surface area contributed by atoms with Gasteiger partial charge in [-0.2, -0.15) is 0 Å². The number of hydrogen-bond acceptors (Lipinski definition) is 3. The lowest BCUT2D eigenvalue weighted by Gasteiger charge is -2.05. The molecule has 3 aromatic rings. The molecule has 1 aromatic carbocycles. The number of hydrogen-bond donors (Lipinski definition) is 3. The first kappa shape index (κ1) is 15.1. The fourth-order valence-corrected chi connectivity index (χ4v) is 2.50. The number of aromatic nitrogens is 2. The SMILES string of the molecule is NC(=O)c1cc(-c2ccnc(N)c2)[nH]c1-c1cccc(Cl)c1F. The zero-order chi connectivity index (χ0) is 16.6. The highest BCUT2D eigenvalue weighted by atomic mass is 35.5. The maximum Gasteiger partial charge on any atom is 0.250 e. The molecule has 0 saturated carbocycles. The summed E-state index contributed by atoms with van der Waals surface area (Å²) in [7, 11) is 0. The van der Waals surface area contributed by atoms with Gasteiger partial charge in [0.2, 0.25) is 0 Å². The second kappa shape index (κ2) is 5.73. The molecule has 0 aliphatic rings. The third kappa shape index (κ3) is 2.76. The number of carbonyl (C=O) groups is 1. The minimum Gasteiger partial charge on any atom is -0.384 e. The molecule has 0 radical (unpaired) electrons. The quantitative estimate of drug-likeness (QED) is 0.687. The van der Waals surface area contributed by atoms with Crippen LogP contribution < -0.4 is 11.5 Å². The van der Waals surface area contributed by atoms with Crippen LogP contribution in [-0.2, 0) is 0 Å². The van der Waals surface area contributed by atoms with Crippen LogP contribution in [0.25, 0.3) is 22.5 Å². The zero-order valence-electron chi connectivity index (χ0n) is 11.8. The lowest BCUT2D eigenvalue weighted by atomic mass is 10.1. The van der Waals surface area contributed by atoms with Crippen molar-refractivity contribution >= 4 is 23.3 Å². The first-order valence-electron chi connectivity index (χ1n) is 6.66. The number of rotatable bonds is 3. The summed E-state index contributed by atoms with van der Waals surface area (Å²) in [5.74, 6) is -0.976. The van der Waals surface area contributed by atoms with E-state index in [1.807, 2.05) is 0 Å². The predicted octanol–water partition coefficient (Wildman–Crippen LogP) is 3.22. The molecule has 5 nitrogen and oxygen atoms in total. The number of nitrogens with zero attached hydrogens (tertiary/aromatic N) is 1. The van der Waals surface area contributed by atoms with Crippen molar-refractivity contribution in [2.75, 3.05) is 5.73 Å². The van der Waals surface area contributed by atoms with E-state index in [2.05, 4.69) is 9.97 Å². The van der Waals surface area contributed by atoms with Crippen LogP contribution in [0.2, 0.25) is 5.02 Å². The number of pyridine rings is 1. The van der Waals surface area contributed by atoms with Crippen molar-refractivity contribution in [2.45, 2.75) is 0 Å². The van der Waals surface area contributed by atoms with Gasteiger partial charge >= 0.3 is 0 Å². The first-order valence-corrected chi connectivity index (χ1v) is 7.04. The number of nitrogen functional groups attached to an aromatic ring is 1. The summed E-state index contributed by atoms with van der Waals surface area (Å²) in [6, 6.07) is 9.44. The van der Waals surface area contributed by atoms with Gasteiger partial charge in [0, 0.05) is 23.0 Å². The number of primary amides is 1. The number of amides is 1. The Morgan fingerprint density at radius 2 is 2.04 bits per heavy atom. The normalized spacial score (nSPS) is 10.7. The molecule has 3 rings (SSSR count). The molecule has 0 saturated heterocycles. The van der Waals surface area contributed by atoms with Crippen molar-refractivity contribution in [3.63, 3.8) is 0 Å². The highest BCUT2D eigenvalue weighted by Crippen LogP contribution is 2.32. The van der Waals surface area contributed by atoms with E-state index in [9.17, 15) is 9.18 Å². The van der Waals surface area contributed by atoms with Crippen LogP contribution >= 0.6 is 11.6 Å². The van der Waals surface area contributed by atoms with Gasteiger partial charge in [0.05, 0.1) is 16.3 Å². The molecular formula is C16H12ClFN4O. The summed E-state index contributed by atoms with van der Waals surface area (Å²) in [5.41, 5.74) is 12.9. The summed E-state index contributed by atoms with van der Waals surface area (Å²) in [5, 5.41) is -0.0396. The number of halogens is 2. The van der Waals surface area contributed by atoms with Gasteiger partial charge in [0.15, 0.2) is 5.82 Å². The number of H-pyrrole nitrogens is 1. The predicted molar refractivity (Wildman–Crippen MR) is 87.4 cm³/mol. The molecule has 116 valence electrons. The standard InChI is InChI=1S/C16H12ClFN4O/c17-11-3-1-2-9(14(11)18)15-10(16(20)23)7-12(22-15)8-4-5-21-13(19)6-8/h1-7,22H,(H2,19,21)(H2,20,23). The van der Waals surface area contributed by atoms with Crippen molar-refractivity contribution in [1.82, 2.24) is 9.97 Å². The van der Waals surface area contributed by atoms with Crippen molar-refractivity contribution in [3.8, 4) is 22.5 Å². The minimum absolute atomic E-state index is 0.0396. The van der Waals surface area contributed by atoms with E-state index < -0.39 is 11.7 Å². The first-order chi connectivity index (χ1) is 11.0. The van der Waals surface area contributed by atoms with E-state index >= 15 is 0 Å². The Bertz CT molecular complexity index is 907. The molecule has 0 aliphatic heterocycles. The third-order valence-corrected chi connectivity index (χ3v) is 3.69. The van der Waals surface area contributed by atoms with Crippen molar-refractivity contribution in [2.24, 2.45) is 5.73 Å². The van der Waals surface area contributed by atoms with E-state index in [4.69, 9.17) is 23.1 Å². The molecule has 0 spiro atoms. The monoisotopic (exact) mass is 330 g/mol. The Kier molecular flexibility index (Phi) is 3.75. The largest absolute Gasteiger partial charge is 0.384 e. The van der Waals surface area contributed by atoms with E-state index in [0.29, 0.717) is 17.1 Å². The molecule has 0 bridgehead atoms. The number of benzene rings is 1. The average Bonchev–Trinajstić information content (AvgIpc) is 2.95. The summed E-state index contributed by atoms with van der Waals surface area (Å²) < 4.78 is 14.3. The van der Waals surface area contributed by atoms with E-state index in [0.717, 1.165) is 0 Å². The summed E-state index contributed by atoms with van der Waals surface area (Å²) in [6.07, 6.45) is 1.54. The fraction of sp³-hybridized carbons (Fsp3) is 0. The molecule has 2 aromatic heterocycles. The topological polar surface area (TPSA) is 97.8 Å². The lowest BCUT2D eigenvalue weighted by molar-refractivity contribution is 0.100. The van der Waals surface area contributed by atoms with Gasteiger partial charge in [-0.25, -0.2) is 9.37 Å². The second-order valence-electron chi connectivity index (χ2n) is 4.91. The van der Waals surface area contributed by atoms with Crippen LogP contribution in [0.3, 0.4) is 0 Å². The Morgan fingerprint density at radius 3 is 2.74 bits per heavy atom. The smallest absolute Gasteiger partial charge is 0.250 e. The maximum absolute atomic E-state index is 14.3. The summed E-state index contributed by atoms with van der Waals surface area (Å²) in [4.78, 5) is 18.6. The van der Waals surface area contributed by atoms with Crippen LogP contribution in [0.4, 0.5) is 10.2 Å². The maximum atomic E-state index is 14.3. The number of aromatic amines is 1. The van der Waals surface area contributed by atoms with Gasteiger partial charge in [-0.05, 0) is 30.3 Å². The molecule has 0 aliphatic carbocycles. The molecule has 7 heteroatoms. The second-order valence-corrected chi connectivity index (χ2v) is 5.31. The average molecular weight is 331 g/mol. The molecule has 0 fully saturated rings. The molecule has 2 heterocycles. The van der Waals surface area contributed by atoms with E-state index in [1.54, 1.807) is 24.3 Å². The van der Waals surface area contributed by atoms with Gasteiger partial charge in [-0.15, -0.1) is 0 Å². The highest BCUT2D eigenvalue weighted by molar-refractivity contribution is 6.31. The van der Waals surface area contributed by atoms with Gasteiger partial charge in [-0.1, -0.05) is 17.7 Å². The highest BCUT2D eigenvalue weighted by Gasteiger charge is 2.19. The molecule has 5 N–H and O–H groups in total. The Balaban J connectivity index is 2.21. The molecular weight excluding hydrogens is 319 g/mol. The summed E-state index contributed by atoms with van der Waals surface area (Å²) >= 11 is 5.81. The number of nitrogens with one attached hydrogen (secondary N) is 1. The minimum atomic E-state index is -0.677. The van der Waals surface area contributed by atoms with Crippen LogP contribution in [0.1, 0.15) is 10.4 Å². The molecule has 0 unspecified atom stereocenters. The molecule has 23 heavy (non-hydrogen) atoms. The van der Waals surface area contributed by atoms with Crippen LogP contribution in [0, 0.1) is 5.82 Å². The number of nitrogens with two attached hydrogens (primary N) is 2. The van der Waals surface area contributed by atoms with Crippen molar-refractivity contribution < 1.29 is 9.18 Å². The Hall–Kier alpha value is -2.86. The van der Waals surface area contributed by atoms with Crippen molar-refractivity contribution in [3.05, 3.63) is 59.0 Å². The van der Waals surface area contributed by atoms with Crippen LogP contribution in [0.15, 0.2) is 42.6 Å². The van der Waals surface area contributed by atoms with Crippen LogP contribution in [-0.4, -0.2) is 15.9 Å². The van der Waals surface area contributed by atoms with Gasteiger partial charge < -0.3 is 16.5 Å². The Morgan fingerprint density at radius 1 is 1.26 bits per heavy atom. The third-order valence-electron chi connectivity index (χ3n) is 3.40. The molecule has 1 amide bonds. The van der Waals surface area contributed by atoms with Crippen molar-refractivity contribution in [1.29, 1.82) is 0 Å². The van der Waals surface area contributed by atoms with E-state index in [1.165, 1.54) is 18.3 Å². The Labute approximate surface area is 136 Å². The lowest BCUT2D eigenvalue weighted by Crippen LogP contribution is -2.11. The number of carbonyl (C=O) groups excluding carboxylic acids is 1. The van der Waals surface area contributed by atoms with Crippen LogP contribution in [0.5, 0.6) is 0 Å². The zero-order valence-corrected chi connectivity index (χ0v) is 12.6. The van der Waals surface area contributed by atoms with E-state index in [-0.39, 0.29) is 21.8 Å². The van der Waals surface area contributed by atoms with Gasteiger partial charge in [0.1, 0.15) is 5.82 Å². The molecule has 0 atom stereocenters.